The fourth-order valence-electron chi connectivity index (χ4n) is 1.80. The molecule has 0 fully saturated rings. The first-order chi connectivity index (χ1) is 8.54. The fourth-order valence-corrected chi connectivity index (χ4v) is 2.03. The van der Waals surface area contributed by atoms with Crippen LogP contribution in [0.3, 0.4) is 0 Å². The van der Waals surface area contributed by atoms with E-state index in [-0.39, 0.29) is 5.97 Å². The Morgan fingerprint density at radius 1 is 1.44 bits per heavy atom. The highest BCUT2D eigenvalue weighted by molar-refractivity contribution is 9.09. The third-order valence-corrected chi connectivity index (χ3v) is 3.23. The third-order valence-electron chi connectivity index (χ3n) is 2.90. The molecule has 0 aromatic heterocycles. The van der Waals surface area contributed by atoms with Gasteiger partial charge in [-0.2, -0.15) is 0 Å². The zero-order chi connectivity index (χ0) is 13.6. The summed E-state index contributed by atoms with van der Waals surface area (Å²) in [6.45, 7) is 4.73. The molecule has 0 saturated carbocycles. The summed E-state index contributed by atoms with van der Waals surface area (Å²) in [7, 11) is 1.40. The van der Waals surface area contributed by atoms with E-state index in [1.807, 2.05) is 38.1 Å². The average Bonchev–Trinajstić information content (AvgIpc) is 2.37. The van der Waals surface area contributed by atoms with Gasteiger partial charge in [-0.1, -0.05) is 45.8 Å². The second-order valence-corrected chi connectivity index (χ2v) is 5.23. The zero-order valence-corrected chi connectivity index (χ0v) is 12.6. The molecule has 0 aliphatic rings. The summed E-state index contributed by atoms with van der Waals surface area (Å²) in [4.78, 5) is 12.0. The third kappa shape index (κ3) is 3.56. The molecule has 0 amide bonds. The highest BCUT2D eigenvalue weighted by Gasteiger charge is 2.36. The van der Waals surface area contributed by atoms with E-state index in [1.165, 1.54) is 7.11 Å². The van der Waals surface area contributed by atoms with Crippen molar-refractivity contribution in [2.75, 3.05) is 25.7 Å². The molecule has 1 unspecified atom stereocenters. The summed E-state index contributed by atoms with van der Waals surface area (Å²) in [5, 5.41) is 0.748. The monoisotopic (exact) mass is 314 g/mol. The summed E-state index contributed by atoms with van der Waals surface area (Å²) in [5.41, 5.74) is 1.27. The van der Waals surface area contributed by atoms with Crippen LogP contribution >= 0.6 is 15.9 Å². The Hall–Kier alpha value is -0.870. The van der Waals surface area contributed by atoms with Crippen molar-refractivity contribution in [1.82, 2.24) is 0 Å². The maximum absolute atomic E-state index is 12.0. The predicted octanol–water partition coefficient (Wildman–Crippen LogP) is 2.84. The molecule has 0 N–H and O–H groups in total. The smallest absolute Gasteiger partial charge is 0.318 e. The number of halogens is 1. The van der Waals surface area contributed by atoms with Gasteiger partial charge < -0.3 is 9.47 Å². The number of rotatable bonds is 6. The lowest BCUT2D eigenvalue weighted by molar-refractivity contribution is -0.149. The van der Waals surface area contributed by atoms with E-state index in [9.17, 15) is 4.79 Å². The van der Waals surface area contributed by atoms with Gasteiger partial charge in [-0.05, 0) is 19.4 Å². The summed E-state index contributed by atoms with van der Waals surface area (Å²) in [6, 6.07) is 7.87. The van der Waals surface area contributed by atoms with Crippen molar-refractivity contribution in [3.63, 3.8) is 0 Å². The largest absolute Gasteiger partial charge is 0.468 e. The van der Waals surface area contributed by atoms with E-state index in [4.69, 9.17) is 9.47 Å². The molecule has 3 nitrogen and oxygen atoms in total. The van der Waals surface area contributed by atoms with Gasteiger partial charge in [0, 0.05) is 5.33 Å². The molecule has 4 heteroatoms. The molecule has 1 rings (SSSR count). The van der Waals surface area contributed by atoms with E-state index < -0.39 is 5.41 Å². The molecule has 100 valence electrons. The second kappa shape index (κ2) is 6.90. The first kappa shape index (κ1) is 15.2. The Morgan fingerprint density at radius 2 is 2.17 bits per heavy atom. The molecule has 0 radical (unpaired) electrons. The van der Waals surface area contributed by atoms with Gasteiger partial charge >= 0.3 is 5.97 Å². The van der Waals surface area contributed by atoms with Crippen molar-refractivity contribution >= 4 is 21.9 Å². The number of alkyl halides is 1. The van der Waals surface area contributed by atoms with Gasteiger partial charge in [0.15, 0.2) is 0 Å². The molecule has 0 aliphatic heterocycles. The number of aryl methyl sites for hydroxylation is 1. The Morgan fingerprint density at radius 3 is 2.72 bits per heavy atom. The van der Waals surface area contributed by atoms with Crippen molar-refractivity contribution in [3.05, 3.63) is 35.4 Å². The summed E-state index contributed by atoms with van der Waals surface area (Å²) >= 11 is 3.30. The normalized spacial score (nSPS) is 14.0. The Labute approximate surface area is 117 Å². The first-order valence-corrected chi connectivity index (χ1v) is 6.96. The topological polar surface area (TPSA) is 35.5 Å². The molecular weight excluding hydrogens is 296 g/mol. The molecule has 0 heterocycles. The van der Waals surface area contributed by atoms with Crippen molar-refractivity contribution in [2.24, 2.45) is 0 Å². The molecule has 1 aromatic carbocycles. The van der Waals surface area contributed by atoms with Gasteiger partial charge in [-0.25, -0.2) is 0 Å². The van der Waals surface area contributed by atoms with E-state index in [0.29, 0.717) is 13.2 Å². The number of hydrogen-bond donors (Lipinski definition) is 0. The minimum absolute atomic E-state index is 0.275. The molecular formula is C14H19BrO3. The second-order valence-electron chi connectivity index (χ2n) is 4.43. The van der Waals surface area contributed by atoms with Gasteiger partial charge in [0.05, 0.1) is 20.3 Å². The Balaban J connectivity index is 3.00. The van der Waals surface area contributed by atoms with Crippen LogP contribution in [0, 0.1) is 6.92 Å². The molecule has 0 aliphatic carbocycles. The molecule has 0 spiro atoms. The number of esters is 1. The quantitative estimate of drug-likeness (QED) is 0.460. The molecule has 1 atom stereocenters. The van der Waals surface area contributed by atoms with Crippen LogP contribution in [0.15, 0.2) is 24.3 Å². The van der Waals surface area contributed by atoms with Crippen molar-refractivity contribution in [1.29, 1.82) is 0 Å². The maximum atomic E-state index is 12.0. The summed E-state index contributed by atoms with van der Waals surface area (Å²) in [5.74, 6) is -0.275. The lowest BCUT2D eigenvalue weighted by Crippen LogP contribution is -2.38. The van der Waals surface area contributed by atoms with E-state index in [2.05, 4.69) is 15.9 Å². The number of carbonyl (C=O) groups is 1. The van der Waals surface area contributed by atoms with Crippen LogP contribution in [0.5, 0.6) is 0 Å². The maximum Gasteiger partial charge on any atom is 0.318 e. The van der Waals surface area contributed by atoms with Crippen LogP contribution in [-0.2, 0) is 19.7 Å². The highest BCUT2D eigenvalue weighted by atomic mass is 79.9. The molecule has 18 heavy (non-hydrogen) atoms. The van der Waals surface area contributed by atoms with E-state index in [0.717, 1.165) is 16.5 Å². The van der Waals surface area contributed by atoms with E-state index in [1.54, 1.807) is 0 Å². The number of methoxy groups -OCH3 is 1. The van der Waals surface area contributed by atoms with Crippen LogP contribution in [0.1, 0.15) is 18.1 Å². The Bertz CT molecular complexity index is 406. The predicted molar refractivity (Wildman–Crippen MR) is 75.2 cm³/mol. The van der Waals surface area contributed by atoms with Gasteiger partial charge in [-0.3, -0.25) is 4.79 Å². The zero-order valence-electron chi connectivity index (χ0n) is 11.0. The lowest BCUT2D eigenvalue weighted by Gasteiger charge is -2.27. The number of benzene rings is 1. The van der Waals surface area contributed by atoms with Gasteiger partial charge in [-0.15, -0.1) is 0 Å². The number of carbonyl (C=O) groups excluding carboxylic acids is 1. The van der Waals surface area contributed by atoms with Crippen molar-refractivity contribution in [2.45, 2.75) is 19.3 Å². The standard InChI is InChI=1S/C14H19BrO3/c1-11-5-4-6-12(9-11)14(2,13(16)17-3)10-18-8-7-15/h4-6,9H,7-8,10H2,1-3H3. The Kier molecular flexibility index (Phi) is 5.82. The summed E-state index contributed by atoms with van der Waals surface area (Å²) < 4.78 is 10.4. The molecule has 1 aromatic rings. The SMILES string of the molecule is COC(=O)C(C)(COCCBr)c1cccc(C)c1. The van der Waals surface area contributed by atoms with Crippen molar-refractivity contribution < 1.29 is 14.3 Å². The number of ether oxygens (including phenoxy) is 2. The minimum Gasteiger partial charge on any atom is -0.468 e. The van der Waals surface area contributed by atoms with Crippen LogP contribution in [-0.4, -0.2) is 31.6 Å². The van der Waals surface area contributed by atoms with Crippen LogP contribution < -0.4 is 0 Å². The first-order valence-electron chi connectivity index (χ1n) is 5.84. The number of hydrogen-bond acceptors (Lipinski definition) is 3. The van der Waals surface area contributed by atoms with Crippen LogP contribution in [0.4, 0.5) is 0 Å². The fraction of sp³-hybridized carbons (Fsp3) is 0.500. The molecule has 0 saturated heterocycles. The summed E-state index contributed by atoms with van der Waals surface area (Å²) in [6.07, 6.45) is 0. The van der Waals surface area contributed by atoms with E-state index >= 15 is 0 Å². The van der Waals surface area contributed by atoms with Crippen LogP contribution in [0.2, 0.25) is 0 Å². The van der Waals surface area contributed by atoms with Crippen LogP contribution in [0.25, 0.3) is 0 Å². The minimum atomic E-state index is -0.761. The van der Waals surface area contributed by atoms with Crippen molar-refractivity contribution in [3.8, 4) is 0 Å². The average molecular weight is 315 g/mol. The highest BCUT2D eigenvalue weighted by Crippen LogP contribution is 2.26. The van der Waals surface area contributed by atoms with Gasteiger partial charge in [0.25, 0.3) is 0 Å². The molecule has 0 bridgehead atoms. The van der Waals surface area contributed by atoms with Gasteiger partial charge in [0.1, 0.15) is 5.41 Å². The lowest BCUT2D eigenvalue weighted by atomic mass is 9.82. The van der Waals surface area contributed by atoms with Gasteiger partial charge in [0.2, 0.25) is 0 Å².